The number of carbonyl (C=O) groups excluding carboxylic acids is 2. The summed E-state index contributed by atoms with van der Waals surface area (Å²) in [6.45, 7) is 15.6. The van der Waals surface area contributed by atoms with E-state index in [1.165, 1.54) is 28.3 Å². The van der Waals surface area contributed by atoms with E-state index in [4.69, 9.17) is 4.74 Å². The van der Waals surface area contributed by atoms with E-state index in [9.17, 15) is 14.7 Å². The minimum Gasteiger partial charge on any atom is -0.507 e. The van der Waals surface area contributed by atoms with Crippen LogP contribution in [0.4, 0.5) is 0 Å². The molecule has 3 aromatic carbocycles. The van der Waals surface area contributed by atoms with E-state index in [-0.39, 0.29) is 34.3 Å². The number of rotatable bonds is 9. The molecule has 1 aliphatic rings. The van der Waals surface area contributed by atoms with Crippen LogP contribution < -0.4 is 10.1 Å². The van der Waals surface area contributed by atoms with Gasteiger partial charge in [-0.05, 0) is 84.9 Å². The second kappa shape index (κ2) is 11.3. The monoisotopic (exact) mass is 527 g/mol. The number of Topliss-reactive ketones (excluding diaryl/α,β-unsaturated/α-hetero) is 1. The number of hydrogen-bond donors (Lipinski definition) is 2. The summed E-state index contributed by atoms with van der Waals surface area (Å²) in [5.41, 5.74) is 7.83. The quantitative estimate of drug-likeness (QED) is 0.288. The number of ketones is 1. The second-order valence-corrected chi connectivity index (χ2v) is 12.0. The lowest BCUT2D eigenvalue weighted by atomic mass is 9.76. The SMILES string of the molecule is CC(=O)c1c(C)c(CC(C)(C)CCNC(=O)c2ccccc2O)c(C)c2c1OC[C@@H]2c1ccc(C(C)C)cc1. The number of phenols is 1. The van der Waals surface area contributed by atoms with Crippen LogP contribution in [0.5, 0.6) is 11.5 Å². The number of benzene rings is 3. The Balaban J connectivity index is 1.60. The van der Waals surface area contributed by atoms with E-state index in [0.717, 1.165) is 29.7 Å². The highest BCUT2D eigenvalue weighted by atomic mass is 16.5. The molecule has 0 bridgehead atoms. The summed E-state index contributed by atoms with van der Waals surface area (Å²) >= 11 is 0. The third-order valence-corrected chi connectivity index (χ3v) is 8.15. The molecule has 3 aromatic rings. The first kappa shape index (κ1) is 28.4. The molecule has 0 aromatic heterocycles. The van der Waals surface area contributed by atoms with Gasteiger partial charge in [-0.15, -0.1) is 0 Å². The second-order valence-electron chi connectivity index (χ2n) is 12.0. The summed E-state index contributed by atoms with van der Waals surface area (Å²) < 4.78 is 6.24. The van der Waals surface area contributed by atoms with Crippen LogP contribution in [0.3, 0.4) is 0 Å². The van der Waals surface area contributed by atoms with E-state index in [1.807, 2.05) is 6.92 Å². The Hall–Kier alpha value is -3.60. The lowest BCUT2D eigenvalue weighted by Crippen LogP contribution is -2.29. The molecule has 0 radical (unpaired) electrons. The fourth-order valence-corrected chi connectivity index (χ4v) is 5.80. The first-order valence-electron chi connectivity index (χ1n) is 13.9. The first-order chi connectivity index (χ1) is 18.4. The minimum absolute atomic E-state index is 0.0218. The number of nitrogens with one attached hydrogen (secondary N) is 1. The van der Waals surface area contributed by atoms with Gasteiger partial charge in [-0.25, -0.2) is 0 Å². The topological polar surface area (TPSA) is 75.6 Å². The van der Waals surface area contributed by atoms with Gasteiger partial charge in [0.2, 0.25) is 0 Å². The van der Waals surface area contributed by atoms with Crippen LogP contribution in [0, 0.1) is 19.3 Å². The van der Waals surface area contributed by atoms with Crippen LogP contribution >= 0.6 is 0 Å². The predicted molar refractivity (Wildman–Crippen MR) is 156 cm³/mol. The minimum atomic E-state index is -0.281. The lowest BCUT2D eigenvalue weighted by Gasteiger charge is -2.29. The Morgan fingerprint density at radius 3 is 2.33 bits per heavy atom. The Morgan fingerprint density at radius 2 is 1.72 bits per heavy atom. The highest BCUT2D eigenvalue weighted by molar-refractivity contribution is 6.00. The van der Waals surface area contributed by atoms with Crippen molar-refractivity contribution in [3.8, 4) is 11.5 Å². The maximum atomic E-state index is 12.9. The number of para-hydroxylation sites is 1. The van der Waals surface area contributed by atoms with Gasteiger partial charge in [0.25, 0.3) is 5.91 Å². The summed E-state index contributed by atoms with van der Waals surface area (Å²) in [6.07, 6.45) is 1.51. The fraction of sp³-hybridized carbons (Fsp3) is 0.412. The molecule has 0 fully saturated rings. The summed E-state index contributed by atoms with van der Waals surface area (Å²) in [6, 6.07) is 15.3. The average molecular weight is 528 g/mol. The fourth-order valence-electron chi connectivity index (χ4n) is 5.80. The van der Waals surface area contributed by atoms with Crippen molar-refractivity contribution < 1.29 is 19.4 Å². The van der Waals surface area contributed by atoms with Crippen molar-refractivity contribution >= 4 is 11.7 Å². The van der Waals surface area contributed by atoms with Crippen LogP contribution in [0.25, 0.3) is 0 Å². The molecule has 1 aliphatic heterocycles. The van der Waals surface area contributed by atoms with Crippen LogP contribution in [-0.4, -0.2) is 29.9 Å². The third-order valence-electron chi connectivity index (χ3n) is 8.15. The average Bonchev–Trinajstić information content (AvgIpc) is 3.31. The molecule has 1 amide bonds. The molecule has 0 unspecified atom stereocenters. The molecule has 0 saturated heterocycles. The van der Waals surface area contributed by atoms with Crippen molar-refractivity contribution in [3.05, 3.63) is 93.0 Å². The molecule has 0 saturated carbocycles. The van der Waals surface area contributed by atoms with E-state index in [2.05, 4.69) is 64.2 Å². The standard InChI is InChI=1S/C34H41NO4/c1-20(2)24-12-14-25(15-13-24)28-19-39-32-30(23(5)36)21(3)27(22(4)31(28)32)18-34(6,7)16-17-35-33(38)26-10-8-9-11-29(26)37/h8-15,20,28,37H,16-19H2,1-7H3,(H,35,38)/t28-/m1/s1. The van der Waals surface area contributed by atoms with Crippen LogP contribution in [-0.2, 0) is 6.42 Å². The zero-order valence-electron chi connectivity index (χ0n) is 24.3. The molecule has 4 rings (SSSR count). The largest absolute Gasteiger partial charge is 0.507 e. The summed E-state index contributed by atoms with van der Waals surface area (Å²) in [4.78, 5) is 25.5. The van der Waals surface area contributed by atoms with Crippen molar-refractivity contribution in [3.63, 3.8) is 0 Å². The van der Waals surface area contributed by atoms with Gasteiger partial charge in [0.15, 0.2) is 5.78 Å². The van der Waals surface area contributed by atoms with E-state index < -0.39 is 0 Å². The van der Waals surface area contributed by atoms with Gasteiger partial charge in [-0.3, -0.25) is 9.59 Å². The van der Waals surface area contributed by atoms with E-state index >= 15 is 0 Å². The first-order valence-corrected chi connectivity index (χ1v) is 13.9. The maximum Gasteiger partial charge on any atom is 0.255 e. The number of carbonyl (C=O) groups is 2. The lowest BCUT2D eigenvalue weighted by molar-refractivity contribution is 0.0944. The highest BCUT2D eigenvalue weighted by Gasteiger charge is 2.35. The van der Waals surface area contributed by atoms with Gasteiger partial charge in [-0.1, -0.05) is 64.1 Å². The van der Waals surface area contributed by atoms with Crippen LogP contribution in [0.15, 0.2) is 48.5 Å². The van der Waals surface area contributed by atoms with Gasteiger partial charge in [0, 0.05) is 18.0 Å². The van der Waals surface area contributed by atoms with Gasteiger partial charge >= 0.3 is 0 Å². The Kier molecular flexibility index (Phi) is 8.20. The highest BCUT2D eigenvalue weighted by Crippen LogP contribution is 2.47. The molecular formula is C34H41NO4. The van der Waals surface area contributed by atoms with Gasteiger partial charge in [-0.2, -0.15) is 0 Å². The Morgan fingerprint density at radius 1 is 1.05 bits per heavy atom. The Labute approximate surface area is 232 Å². The molecule has 5 nitrogen and oxygen atoms in total. The van der Waals surface area contributed by atoms with Gasteiger partial charge in [0.1, 0.15) is 11.5 Å². The number of amides is 1. The zero-order valence-corrected chi connectivity index (χ0v) is 24.3. The predicted octanol–water partition coefficient (Wildman–Crippen LogP) is 7.25. The van der Waals surface area contributed by atoms with Crippen molar-refractivity contribution in [1.29, 1.82) is 0 Å². The molecule has 0 aliphatic carbocycles. The zero-order chi connectivity index (χ0) is 28.5. The maximum absolute atomic E-state index is 12.9. The van der Waals surface area contributed by atoms with Crippen molar-refractivity contribution in [1.82, 2.24) is 5.32 Å². The normalized spacial score (nSPS) is 14.7. The molecule has 39 heavy (non-hydrogen) atoms. The summed E-state index contributed by atoms with van der Waals surface area (Å²) in [5, 5.41) is 12.9. The van der Waals surface area contributed by atoms with Crippen LogP contribution in [0.2, 0.25) is 0 Å². The number of fused-ring (bicyclic) bond motifs is 1. The molecule has 206 valence electrons. The molecule has 2 N–H and O–H groups in total. The smallest absolute Gasteiger partial charge is 0.255 e. The molecular weight excluding hydrogens is 486 g/mol. The molecule has 1 atom stereocenters. The molecule has 1 heterocycles. The number of hydrogen-bond acceptors (Lipinski definition) is 4. The molecule has 5 heteroatoms. The summed E-state index contributed by atoms with van der Waals surface area (Å²) in [5.74, 6) is 1.01. The molecule has 0 spiro atoms. The van der Waals surface area contributed by atoms with Crippen LogP contribution in [0.1, 0.15) is 107 Å². The summed E-state index contributed by atoms with van der Waals surface area (Å²) in [7, 11) is 0. The number of aromatic hydroxyl groups is 1. The Bertz CT molecular complexity index is 1390. The van der Waals surface area contributed by atoms with Gasteiger partial charge in [0.05, 0.1) is 17.7 Å². The number of ether oxygens (including phenoxy) is 1. The number of phenolic OH excluding ortho intramolecular Hbond substituents is 1. The van der Waals surface area contributed by atoms with E-state index in [1.54, 1.807) is 25.1 Å². The van der Waals surface area contributed by atoms with E-state index in [0.29, 0.717) is 24.6 Å². The van der Waals surface area contributed by atoms with Crippen molar-refractivity contribution in [2.75, 3.05) is 13.2 Å². The van der Waals surface area contributed by atoms with Crippen molar-refractivity contribution in [2.24, 2.45) is 5.41 Å². The third kappa shape index (κ3) is 5.88. The van der Waals surface area contributed by atoms with Crippen molar-refractivity contribution in [2.45, 2.75) is 73.1 Å². The van der Waals surface area contributed by atoms with Gasteiger partial charge < -0.3 is 15.2 Å².